The summed E-state index contributed by atoms with van der Waals surface area (Å²) in [7, 11) is 1.69. The van der Waals surface area contributed by atoms with Gasteiger partial charge in [-0.05, 0) is 18.0 Å². The van der Waals surface area contributed by atoms with Crippen molar-refractivity contribution in [2.75, 3.05) is 33.4 Å². The first-order chi connectivity index (χ1) is 10.8. The molecule has 4 nitrogen and oxygen atoms in total. The molecule has 3 rings (SSSR count). The van der Waals surface area contributed by atoms with Crippen LogP contribution in [0.25, 0.3) is 10.8 Å². The Bertz CT molecular complexity index is 599. The third kappa shape index (κ3) is 3.40. The van der Waals surface area contributed by atoms with Gasteiger partial charge in [0.1, 0.15) is 18.5 Å². The topological polar surface area (TPSA) is 30.9 Å². The van der Waals surface area contributed by atoms with E-state index in [0.29, 0.717) is 6.61 Å². The van der Waals surface area contributed by atoms with Gasteiger partial charge in [-0.15, -0.1) is 0 Å². The zero-order valence-electron chi connectivity index (χ0n) is 13.2. The van der Waals surface area contributed by atoms with Crippen molar-refractivity contribution in [3.05, 3.63) is 42.5 Å². The Morgan fingerprint density at radius 1 is 1.14 bits per heavy atom. The molecule has 1 saturated heterocycles. The molecule has 2 unspecified atom stereocenters. The molecule has 1 aliphatic rings. The van der Waals surface area contributed by atoms with E-state index in [-0.39, 0.29) is 12.4 Å². The van der Waals surface area contributed by atoms with Crippen LogP contribution in [0.5, 0.6) is 5.75 Å². The highest BCUT2D eigenvalue weighted by molar-refractivity contribution is 5.88. The van der Waals surface area contributed by atoms with Crippen LogP contribution in [-0.4, -0.2) is 50.6 Å². The smallest absolute Gasteiger partial charge is 0.170 e. The number of rotatable bonds is 5. The Morgan fingerprint density at radius 3 is 2.77 bits per heavy atom. The Balaban J connectivity index is 1.68. The van der Waals surface area contributed by atoms with Crippen molar-refractivity contribution in [2.24, 2.45) is 0 Å². The maximum absolute atomic E-state index is 6.04. The summed E-state index contributed by atoms with van der Waals surface area (Å²) >= 11 is 0. The minimum absolute atomic E-state index is 0.0256. The molecule has 2 aromatic rings. The minimum atomic E-state index is -0.171. The van der Waals surface area contributed by atoms with Crippen LogP contribution in [0.15, 0.2) is 42.5 Å². The summed E-state index contributed by atoms with van der Waals surface area (Å²) in [5.74, 6) is 0.907. The maximum atomic E-state index is 6.04. The lowest BCUT2D eigenvalue weighted by atomic mass is 10.1. The molecule has 0 aliphatic carbocycles. The molecule has 2 aromatic carbocycles. The Kier molecular flexibility index (Phi) is 4.93. The molecule has 1 fully saturated rings. The van der Waals surface area contributed by atoms with Gasteiger partial charge in [0.25, 0.3) is 0 Å². The van der Waals surface area contributed by atoms with Gasteiger partial charge in [-0.2, -0.15) is 0 Å². The van der Waals surface area contributed by atoms with E-state index in [1.54, 1.807) is 7.11 Å². The van der Waals surface area contributed by atoms with Gasteiger partial charge in [-0.3, -0.25) is 4.90 Å². The quantitative estimate of drug-likeness (QED) is 0.849. The van der Waals surface area contributed by atoms with E-state index in [1.807, 2.05) is 24.3 Å². The standard InChI is InChI=1S/C18H23NO3/c1-3-19-11-15(22-18(12-19)20-2)13-21-17-10-6-8-14-7-4-5-9-16(14)17/h4-10,15,18H,3,11-13H2,1-2H3. The molecule has 0 spiro atoms. The predicted molar refractivity (Wildman–Crippen MR) is 87.2 cm³/mol. The van der Waals surface area contributed by atoms with Crippen LogP contribution in [0.4, 0.5) is 0 Å². The molecule has 0 radical (unpaired) electrons. The monoisotopic (exact) mass is 301 g/mol. The summed E-state index contributed by atoms with van der Waals surface area (Å²) in [5, 5.41) is 2.32. The molecular weight excluding hydrogens is 278 g/mol. The van der Waals surface area contributed by atoms with Crippen LogP contribution in [-0.2, 0) is 9.47 Å². The van der Waals surface area contributed by atoms with Crippen LogP contribution in [0, 0.1) is 0 Å². The summed E-state index contributed by atoms with van der Waals surface area (Å²) in [5.41, 5.74) is 0. The van der Waals surface area contributed by atoms with E-state index in [1.165, 1.54) is 5.39 Å². The van der Waals surface area contributed by atoms with E-state index in [0.717, 1.165) is 30.8 Å². The van der Waals surface area contributed by atoms with Gasteiger partial charge in [-0.1, -0.05) is 43.3 Å². The highest BCUT2D eigenvalue weighted by atomic mass is 16.7. The normalized spacial score (nSPS) is 22.8. The molecule has 22 heavy (non-hydrogen) atoms. The number of morpholine rings is 1. The summed E-state index contributed by atoms with van der Waals surface area (Å²) in [6.45, 7) is 5.37. The molecule has 1 aliphatic heterocycles. The SMILES string of the molecule is CCN1CC(COc2cccc3ccccc23)OC(OC)C1. The van der Waals surface area contributed by atoms with Gasteiger partial charge in [-0.25, -0.2) is 0 Å². The van der Waals surface area contributed by atoms with Gasteiger partial charge in [0.2, 0.25) is 0 Å². The summed E-state index contributed by atoms with van der Waals surface area (Å²) in [6.07, 6.45) is -0.146. The van der Waals surface area contributed by atoms with E-state index >= 15 is 0 Å². The molecular formula is C18H23NO3. The minimum Gasteiger partial charge on any atom is -0.490 e. The Labute approximate surface area is 131 Å². The molecule has 0 aromatic heterocycles. The third-order valence-electron chi connectivity index (χ3n) is 4.10. The number of ether oxygens (including phenoxy) is 3. The lowest BCUT2D eigenvalue weighted by Crippen LogP contribution is -2.50. The van der Waals surface area contributed by atoms with Crippen LogP contribution in [0.2, 0.25) is 0 Å². The second-order valence-corrected chi connectivity index (χ2v) is 5.56. The average molecular weight is 301 g/mol. The number of fused-ring (bicyclic) bond motifs is 1. The molecule has 118 valence electrons. The van der Waals surface area contributed by atoms with Gasteiger partial charge < -0.3 is 14.2 Å². The van der Waals surface area contributed by atoms with Crippen molar-refractivity contribution < 1.29 is 14.2 Å². The first-order valence-electron chi connectivity index (χ1n) is 7.81. The van der Waals surface area contributed by atoms with Crippen molar-refractivity contribution in [3.8, 4) is 5.75 Å². The number of methoxy groups -OCH3 is 1. The van der Waals surface area contributed by atoms with Crippen molar-refractivity contribution in [2.45, 2.75) is 19.3 Å². The Hall–Kier alpha value is -1.62. The van der Waals surface area contributed by atoms with E-state index in [2.05, 4.69) is 30.0 Å². The predicted octanol–water partition coefficient (Wildman–Crippen LogP) is 2.91. The number of nitrogens with zero attached hydrogens (tertiary/aromatic N) is 1. The highest BCUT2D eigenvalue weighted by Gasteiger charge is 2.27. The molecule has 0 bridgehead atoms. The van der Waals surface area contributed by atoms with Crippen molar-refractivity contribution in [3.63, 3.8) is 0 Å². The number of hydrogen-bond donors (Lipinski definition) is 0. The molecule has 4 heteroatoms. The lowest BCUT2D eigenvalue weighted by Gasteiger charge is -2.36. The fraction of sp³-hybridized carbons (Fsp3) is 0.444. The fourth-order valence-corrected chi connectivity index (χ4v) is 2.86. The third-order valence-corrected chi connectivity index (χ3v) is 4.10. The maximum Gasteiger partial charge on any atom is 0.170 e. The van der Waals surface area contributed by atoms with Crippen LogP contribution >= 0.6 is 0 Å². The second kappa shape index (κ2) is 7.09. The zero-order valence-corrected chi connectivity index (χ0v) is 13.2. The van der Waals surface area contributed by atoms with Crippen molar-refractivity contribution in [1.82, 2.24) is 4.90 Å². The largest absolute Gasteiger partial charge is 0.490 e. The van der Waals surface area contributed by atoms with E-state index in [4.69, 9.17) is 14.2 Å². The van der Waals surface area contributed by atoms with Gasteiger partial charge in [0.15, 0.2) is 6.29 Å². The molecule has 1 heterocycles. The lowest BCUT2D eigenvalue weighted by molar-refractivity contribution is -0.203. The highest BCUT2D eigenvalue weighted by Crippen LogP contribution is 2.25. The number of hydrogen-bond acceptors (Lipinski definition) is 4. The summed E-state index contributed by atoms with van der Waals surface area (Å²) in [4.78, 5) is 2.33. The Morgan fingerprint density at radius 2 is 1.95 bits per heavy atom. The van der Waals surface area contributed by atoms with Crippen LogP contribution < -0.4 is 4.74 Å². The first kappa shape index (κ1) is 15.3. The van der Waals surface area contributed by atoms with E-state index in [9.17, 15) is 0 Å². The second-order valence-electron chi connectivity index (χ2n) is 5.56. The zero-order chi connectivity index (χ0) is 15.4. The number of likely N-dealkylation sites (N-methyl/N-ethyl adjacent to an activating group) is 1. The molecule has 0 saturated carbocycles. The molecule has 2 atom stereocenters. The first-order valence-corrected chi connectivity index (χ1v) is 7.81. The summed E-state index contributed by atoms with van der Waals surface area (Å²) < 4.78 is 17.3. The summed E-state index contributed by atoms with van der Waals surface area (Å²) in [6, 6.07) is 14.4. The molecule has 0 N–H and O–H groups in total. The van der Waals surface area contributed by atoms with Gasteiger partial charge in [0.05, 0.1) is 0 Å². The van der Waals surface area contributed by atoms with E-state index < -0.39 is 0 Å². The fourth-order valence-electron chi connectivity index (χ4n) is 2.86. The van der Waals surface area contributed by atoms with Crippen LogP contribution in [0.1, 0.15) is 6.92 Å². The van der Waals surface area contributed by atoms with Crippen molar-refractivity contribution >= 4 is 10.8 Å². The average Bonchev–Trinajstić information content (AvgIpc) is 2.59. The van der Waals surface area contributed by atoms with Crippen molar-refractivity contribution in [1.29, 1.82) is 0 Å². The van der Waals surface area contributed by atoms with Crippen LogP contribution in [0.3, 0.4) is 0 Å². The van der Waals surface area contributed by atoms with Gasteiger partial charge >= 0.3 is 0 Å². The molecule has 0 amide bonds. The number of benzene rings is 2. The van der Waals surface area contributed by atoms with Gasteiger partial charge in [0, 0.05) is 25.6 Å².